The topological polar surface area (TPSA) is 42.8 Å². The third kappa shape index (κ3) is 3.16. The van der Waals surface area contributed by atoms with Gasteiger partial charge < -0.3 is 4.98 Å². The van der Waals surface area contributed by atoms with Gasteiger partial charge in [-0.05, 0) is 55.6 Å². The lowest BCUT2D eigenvalue weighted by atomic mass is 9.89. The van der Waals surface area contributed by atoms with Crippen LogP contribution in [-0.2, 0) is 6.54 Å². The van der Waals surface area contributed by atoms with E-state index in [0.29, 0.717) is 23.6 Å². The monoisotopic (exact) mass is 333 g/mol. The third-order valence-corrected chi connectivity index (χ3v) is 5.22. The molecule has 3 nitrogen and oxygen atoms in total. The number of nitrogens with zero attached hydrogens (tertiary/aromatic N) is 2. The van der Waals surface area contributed by atoms with Gasteiger partial charge in [0.05, 0.1) is 11.6 Å². The van der Waals surface area contributed by atoms with Crippen molar-refractivity contribution in [2.75, 3.05) is 13.1 Å². The fraction of sp³-hybridized carbons (Fsp3) is 0.286. The Labute approximate surface area is 146 Å². The van der Waals surface area contributed by atoms with Gasteiger partial charge in [-0.1, -0.05) is 24.3 Å². The second-order valence-corrected chi connectivity index (χ2v) is 6.76. The molecule has 0 amide bonds. The van der Waals surface area contributed by atoms with E-state index in [-0.39, 0.29) is 5.82 Å². The third-order valence-electron chi connectivity index (χ3n) is 5.22. The quantitative estimate of drug-likeness (QED) is 0.763. The van der Waals surface area contributed by atoms with Gasteiger partial charge in [0.2, 0.25) is 0 Å². The molecule has 4 rings (SSSR count). The molecule has 0 unspecified atom stereocenters. The number of benzene rings is 2. The van der Waals surface area contributed by atoms with Crippen molar-refractivity contribution in [3.8, 4) is 6.07 Å². The van der Waals surface area contributed by atoms with Crippen molar-refractivity contribution in [3.05, 3.63) is 71.2 Å². The van der Waals surface area contributed by atoms with Crippen LogP contribution < -0.4 is 0 Å². The van der Waals surface area contributed by atoms with Gasteiger partial charge in [-0.3, -0.25) is 4.90 Å². The summed E-state index contributed by atoms with van der Waals surface area (Å²) in [5.74, 6) is 0.274. The number of aromatic amines is 1. The molecule has 1 saturated heterocycles. The Morgan fingerprint density at radius 2 is 1.96 bits per heavy atom. The second-order valence-electron chi connectivity index (χ2n) is 6.76. The molecule has 25 heavy (non-hydrogen) atoms. The van der Waals surface area contributed by atoms with Gasteiger partial charge in [0.15, 0.2) is 0 Å². The summed E-state index contributed by atoms with van der Waals surface area (Å²) in [5, 5.41) is 10.2. The van der Waals surface area contributed by atoms with E-state index in [1.165, 1.54) is 22.5 Å². The Bertz CT molecular complexity index is 930. The van der Waals surface area contributed by atoms with Crippen molar-refractivity contribution in [2.24, 2.45) is 0 Å². The minimum Gasteiger partial charge on any atom is -0.361 e. The number of fused-ring (bicyclic) bond motifs is 1. The van der Waals surface area contributed by atoms with E-state index in [1.54, 1.807) is 12.1 Å². The Hall–Kier alpha value is -2.64. The van der Waals surface area contributed by atoms with Crippen LogP contribution in [0.5, 0.6) is 0 Å². The van der Waals surface area contributed by atoms with Gasteiger partial charge in [-0.2, -0.15) is 5.26 Å². The van der Waals surface area contributed by atoms with Crippen LogP contribution in [0.2, 0.25) is 0 Å². The highest BCUT2D eigenvalue weighted by Crippen LogP contribution is 2.33. The van der Waals surface area contributed by atoms with Gasteiger partial charge in [0.25, 0.3) is 0 Å². The molecule has 126 valence electrons. The van der Waals surface area contributed by atoms with Crippen LogP contribution in [0.1, 0.15) is 35.4 Å². The predicted molar refractivity (Wildman–Crippen MR) is 96.7 cm³/mol. The first-order chi connectivity index (χ1) is 12.2. The minimum atomic E-state index is -0.280. The van der Waals surface area contributed by atoms with Crippen LogP contribution in [0.4, 0.5) is 4.39 Å². The molecule has 1 N–H and O–H groups in total. The van der Waals surface area contributed by atoms with E-state index in [0.717, 1.165) is 25.9 Å². The second kappa shape index (κ2) is 6.70. The normalized spacial score (nSPS) is 16.2. The summed E-state index contributed by atoms with van der Waals surface area (Å²) in [6.07, 6.45) is 4.31. The van der Waals surface area contributed by atoms with Crippen LogP contribution >= 0.6 is 0 Å². The molecule has 0 saturated carbocycles. The standard InChI is InChI=1S/C21H20FN3/c22-20-11-15(12-23)5-6-17(20)14-25-9-7-16(8-10-25)19-13-24-21-4-2-1-3-18(19)21/h1-6,11,13,16,24H,7-10,14H2. The van der Waals surface area contributed by atoms with E-state index in [2.05, 4.69) is 40.3 Å². The van der Waals surface area contributed by atoms with Gasteiger partial charge in [0.1, 0.15) is 5.82 Å². The number of rotatable bonds is 3. The van der Waals surface area contributed by atoms with Crippen molar-refractivity contribution in [1.82, 2.24) is 9.88 Å². The molecule has 1 aliphatic heterocycles. The van der Waals surface area contributed by atoms with Gasteiger partial charge in [0, 0.05) is 29.2 Å². The number of hydrogen-bond donors (Lipinski definition) is 1. The summed E-state index contributed by atoms with van der Waals surface area (Å²) in [4.78, 5) is 5.67. The fourth-order valence-electron chi connectivity index (χ4n) is 3.82. The molecular formula is C21H20FN3. The zero-order valence-corrected chi connectivity index (χ0v) is 14.0. The van der Waals surface area contributed by atoms with Gasteiger partial charge in [-0.25, -0.2) is 4.39 Å². The van der Waals surface area contributed by atoms with Crippen LogP contribution in [0.3, 0.4) is 0 Å². The first kappa shape index (κ1) is 15.9. The maximum atomic E-state index is 14.1. The van der Waals surface area contributed by atoms with Crippen LogP contribution in [-0.4, -0.2) is 23.0 Å². The Balaban J connectivity index is 1.43. The number of nitrogens with one attached hydrogen (secondary N) is 1. The number of nitriles is 1. The highest BCUT2D eigenvalue weighted by Gasteiger charge is 2.23. The summed E-state index contributed by atoms with van der Waals surface area (Å²) in [7, 11) is 0. The number of H-pyrrole nitrogens is 1. The Morgan fingerprint density at radius 3 is 2.72 bits per heavy atom. The van der Waals surface area contributed by atoms with Gasteiger partial charge >= 0.3 is 0 Å². The number of aromatic nitrogens is 1. The smallest absolute Gasteiger partial charge is 0.129 e. The molecule has 3 aromatic rings. The highest BCUT2D eigenvalue weighted by atomic mass is 19.1. The summed E-state index contributed by atoms with van der Waals surface area (Å²) < 4.78 is 14.1. The Morgan fingerprint density at radius 1 is 1.16 bits per heavy atom. The molecule has 0 bridgehead atoms. The largest absolute Gasteiger partial charge is 0.361 e. The Kier molecular flexibility index (Phi) is 4.25. The summed E-state index contributed by atoms with van der Waals surface area (Å²) in [5.41, 5.74) is 3.64. The zero-order valence-electron chi connectivity index (χ0n) is 14.0. The summed E-state index contributed by atoms with van der Waals surface area (Å²) in [6.45, 7) is 2.53. The lowest BCUT2D eigenvalue weighted by Crippen LogP contribution is -2.32. The number of piperidine rings is 1. The molecule has 0 radical (unpaired) electrons. The molecule has 0 atom stereocenters. The molecule has 1 aliphatic rings. The molecule has 4 heteroatoms. The molecular weight excluding hydrogens is 313 g/mol. The van der Waals surface area contributed by atoms with Crippen molar-refractivity contribution in [2.45, 2.75) is 25.3 Å². The SMILES string of the molecule is N#Cc1ccc(CN2CCC(c3c[nH]c4ccccc34)CC2)c(F)c1. The average molecular weight is 333 g/mol. The molecule has 1 fully saturated rings. The number of halogens is 1. The molecule has 2 aromatic carbocycles. The maximum absolute atomic E-state index is 14.1. The van der Waals surface area contributed by atoms with Crippen LogP contribution in [0.25, 0.3) is 10.9 Å². The van der Waals surface area contributed by atoms with E-state index in [9.17, 15) is 4.39 Å². The van der Waals surface area contributed by atoms with Crippen LogP contribution in [0.15, 0.2) is 48.7 Å². The number of hydrogen-bond acceptors (Lipinski definition) is 2. The maximum Gasteiger partial charge on any atom is 0.129 e. The fourth-order valence-corrected chi connectivity index (χ4v) is 3.82. The predicted octanol–water partition coefficient (Wildman–Crippen LogP) is 4.56. The zero-order chi connectivity index (χ0) is 17.2. The number of likely N-dealkylation sites (tertiary alicyclic amines) is 1. The van der Waals surface area contributed by atoms with E-state index in [1.807, 2.05) is 6.07 Å². The van der Waals surface area contributed by atoms with E-state index < -0.39 is 0 Å². The van der Waals surface area contributed by atoms with Crippen molar-refractivity contribution >= 4 is 10.9 Å². The lowest BCUT2D eigenvalue weighted by Gasteiger charge is -2.32. The van der Waals surface area contributed by atoms with Crippen molar-refractivity contribution in [3.63, 3.8) is 0 Å². The average Bonchev–Trinajstić information content (AvgIpc) is 3.08. The molecule has 2 heterocycles. The first-order valence-corrected chi connectivity index (χ1v) is 8.71. The molecule has 0 aliphatic carbocycles. The first-order valence-electron chi connectivity index (χ1n) is 8.71. The highest BCUT2D eigenvalue weighted by molar-refractivity contribution is 5.83. The van der Waals surface area contributed by atoms with Gasteiger partial charge in [-0.15, -0.1) is 0 Å². The summed E-state index contributed by atoms with van der Waals surface area (Å²) >= 11 is 0. The van der Waals surface area contributed by atoms with E-state index >= 15 is 0 Å². The summed E-state index contributed by atoms with van der Waals surface area (Å²) in [6, 6.07) is 15.2. The van der Waals surface area contributed by atoms with Crippen molar-refractivity contribution < 1.29 is 4.39 Å². The lowest BCUT2D eigenvalue weighted by molar-refractivity contribution is 0.203. The van der Waals surface area contributed by atoms with Crippen molar-refractivity contribution in [1.29, 1.82) is 5.26 Å². The molecule has 0 spiro atoms. The van der Waals surface area contributed by atoms with Crippen LogP contribution in [0, 0.1) is 17.1 Å². The molecule has 1 aromatic heterocycles. The number of para-hydroxylation sites is 1. The minimum absolute atomic E-state index is 0.280. The van der Waals surface area contributed by atoms with E-state index in [4.69, 9.17) is 5.26 Å².